The van der Waals surface area contributed by atoms with Crippen LogP contribution in [0.15, 0.2) is 28.7 Å². The van der Waals surface area contributed by atoms with Crippen molar-refractivity contribution in [2.45, 2.75) is 31.4 Å². The van der Waals surface area contributed by atoms with E-state index in [0.717, 1.165) is 0 Å². The van der Waals surface area contributed by atoms with Gasteiger partial charge < -0.3 is 41.1 Å². The molecule has 0 spiro atoms. The number of carbonyl (C=O) groups excluding carboxylic acids is 4. The van der Waals surface area contributed by atoms with Crippen LogP contribution in [0.2, 0.25) is 0 Å². The van der Waals surface area contributed by atoms with Crippen molar-refractivity contribution >= 4 is 23.5 Å². The normalized spacial score (nSPS) is 26.4. The van der Waals surface area contributed by atoms with Gasteiger partial charge in [-0.15, -0.1) is 6.42 Å². The zero-order valence-corrected chi connectivity index (χ0v) is 20.8. The molecule has 1 saturated heterocycles. The lowest BCUT2D eigenvalue weighted by molar-refractivity contribution is -0.144. The van der Waals surface area contributed by atoms with Crippen LogP contribution in [0.3, 0.4) is 0 Å². The molecule has 1 heterocycles. The maximum absolute atomic E-state index is 13.8. The second-order valence-corrected chi connectivity index (χ2v) is 10.1. The van der Waals surface area contributed by atoms with Gasteiger partial charge in [0.2, 0.25) is 5.78 Å². The van der Waals surface area contributed by atoms with E-state index in [9.17, 15) is 39.6 Å². The van der Waals surface area contributed by atoms with Crippen molar-refractivity contribution < 1.29 is 44.3 Å². The first-order chi connectivity index (χ1) is 18.5. The third-order valence-corrected chi connectivity index (χ3v) is 8.04. The monoisotopic (exact) mass is 537 g/mol. The van der Waals surface area contributed by atoms with Crippen LogP contribution in [0, 0.1) is 24.2 Å². The highest BCUT2D eigenvalue weighted by Gasteiger charge is 2.59. The summed E-state index contributed by atoms with van der Waals surface area (Å²) in [7, 11) is 0. The third-order valence-electron chi connectivity index (χ3n) is 8.04. The molecule has 39 heavy (non-hydrogen) atoms. The Labute approximate surface area is 222 Å². The standard InChI is InChI=1S/C27H27N3O9/c1-2-12-7-14(11-29-26(37)30-3-5-39-6-4-30)16-9-13-8-15-10-17(31)20(25(28)36)24(35)27(15,38)23(34)18(13)22(33)19(16)21(12)32/h1,7,13,15,31-32,34,38H,3-6,8-11H2,(H2,28,36)(H,29,37)/t13-,15+,27+/m1/s1. The largest absolute Gasteiger partial charge is 0.511 e. The summed E-state index contributed by atoms with van der Waals surface area (Å²) in [6, 6.07) is 1.17. The minimum atomic E-state index is -2.65. The van der Waals surface area contributed by atoms with Gasteiger partial charge in [-0.2, -0.15) is 0 Å². The highest BCUT2D eigenvalue weighted by atomic mass is 16.5. The summed E-state index contributed by atoms with van der Waals surface area (Å²) in [5.74, 6) is -4.87. The Morgan fingerprint density at radius 1 is 1.21 bits per heavy atom. The molecule has 1 aromatic carbocycles. The van der Waals surface area contributed by atoms with Gasteiger partial charge >= 0.3 is 6.03 Å². The lowest BCUT2D eigenvalue weighted by atomic mass is 9.60. The molecule has 0 aromatic heterocycles. The van der Waals surface area contributed by atoms with E-state index in [2.05, 4.69) is 11.2 Å². The number of nitrogens with one attached hydrogen (secondary N) is 1. The number of phenols is 1. The number of urea groups is 1. The highest BCUT2D eigenvalue weighted by Crippen LogP contribution is 2.52. The molecule has 204 valence electrons. The van der Waals surface area contributed by atoms with Crippen molar-refractivity contribution in [1.82, 2.24) is 10.2 Å². The van der Waals surface area contributed by atoms with Crippen LogP contribution in [0.4, 0.5) is 4.79 Å². The lowest BCUT2D eigenvalue weighted by Gasteiger charge is -2.45. The molecule has 0 radical (unpaired) electrons. The zero-order valence-electron chi connectivity index (χ0n) is 20.8. The average molecular weight is 538 g/mol. The predicted molar refractivity (Wildman–Crippen MR) is 133 cm³/mol. The van der Waals surface area contributed by atoms with E-state index >= 15 is 0 Å². The first-order valence-corrected chi connectivity index (χ1v) is 12.4. The van der Waals surface area contributed by atoms with Crippen molar-refractivity contribution in [3.05, 3.63) is 51.0 Å². The van der Waals surface area contributed by atoms with Crippen LogP contribution in [-0.4, -0.2) is 80.7 Å². The minimum absolute atomic E-state index is 0.000143. The number of aromatic hydroxyl groups is 1. The fraction of sp³-hybridized carbons (Fsp3) is 0.407. The van der Waals surface area contributed by atoms with E-state index in [0.29, 0.717) is 37.4 Å². The van der Waals surface area contributed by atoms with E-state index in [-0.39, 0.29) is 48.5 Å². The maximum Gasteiger partial charge on any atom is 0.317 e. The molecule has 3 aliphatic carbocycles. The molecule has 1 fully saturated rings. The molecule has 0 unspecified atom stereocenters. The fourth-order valence-corrected chi connectivity index (χ4v) is 6.08. The molecule has 0 bridgehead atoms. The fourth-order valence-electron chi connectivity index (χ4n) is 6.08. The molecule has 12 nitrogen and oxygen atoms in total. The van der Waals surface area contributed by atoms with E-state index in [1.54, 1.807) is 4.90 Å². The number of carbonyl (C=O) groups is 4. The number of aliphatic hydroxyl groups is 3. The van der Waals surface area contributed by atoms with Gasteiger partial charge in [0.25, 0.3) is 5.91 Å². The number of ether oxygens (including phenoxy) is 1. The Morgan fingerprint density at radius 3 is 2.54 bits per heavy atom. The minimum Gasteiger partial charge on any atom is -0.511 e. The number of terminal acetylenes is 1. The molecular weight excluding hydrogens is 510 g/mol. The van der Waals surface area contributed by atoms with Gasteiger partial charge in [0.1, 0.15) is 22.8 Å². The van der Waals surface area contributed by atoms with Crippen LogP contribution in [0.1, 0.15) is 39.9 Å². The number of aliphatic hydroxyl groups excluding tert-OH is 2. The molecule has 12 heteroatoms. The molecule has 4 aliphatic rings. The highest BCUT2D eigenvalue weighted by molar-refractivity contribution is 6.24. The number of morpholine rings is 1. The van der Waals surface area contributed by atoms with Crippen LogP contribution in [0.5, 0.6) is 5.75 Å². The summed E-state index contributed by atoms with van der Waals surface area (Å²) in [6.45, 7) is 1.67. The van der Waals surface area contributed by atoms with Crippen LogP contribution < -0.4 is 11.1 Å². The predicted octanol–water partition coefficient (Wildman–Crippen LogP) is 0.104. The van der Waals surface area contributed by atoms with Gasteiger partial charge in [0.05, 0.1) is 24.3 Å². The van der Waals surface area contributed by atoms with Gasteiger partial charge in [-0.25, -0.2) is 4.79 Å². The van der Waals surface area contributed by atoms with Crippen LogP contribution in [-0.2, 0) is 27.3 Å². The topological polar surface area (TPSA) is 200 Å². The van der Waals surface area contributed by atoms with E-state index in [4.69, 9.17) is 16.9 Å². The second kappa shape index (κ2) is 9.44. The molecule has 3 atom stereocenters. The average Bonchev–Trinajstić information content (AvgIpc) is 2.90. The number of fused-ring (bicyclic) bond motifs is 3. The summed E-state index contributed by atoms with van der Waals surface area (Å²) in [5, 5.41) is 46.5. The first-order valence-electron chi connectivity index (χ1n) is 12.4. The number of primary amides is 1. The number of amides is 3. The molecule has 3 amide bonds. The number of ketones is 2. The Kier molecular flexibility index (Phi) is 6.36. The SMILES string of the molecule is C#Cc1cc(CNC(=O)N2CCOCC2)c2c(c1O)C(=O)C1=C(O)[C@]3(O)C(=O)C(C(N)=O)=C(O)C[C@@H]3C[C@@H]1C2. The van der Waals surface area contributed by atoms with Gasteiger partial charge in [0, 0.05) is 37.5 Å². The summed E-state index contributed by atoms with van der Waals surface area (Å²) in [6.07, 6.45) is 5.35. The molecule has 5 rings (SSSR count). The van der Waals surface area contributed by atoms with E-state index in [1.807, 2.05) is 0 Å². The quantitative estimate of drug-likeness (QED) is 0.229. The van der Waals surface area contributed by atoms with E-state index in [1.165, 1.54) is 6.07 Å². The molecule has 7 N–H and O–H groups in total. The smallest absolute Gasteiger partial charge is 0.317 e. The lowest BCUT2D eigenvalue weighted by Crippen LogP contribution is -2.57. The molecule has 1 aliphatic heterocycles. The molecule has 1 aromatic rings. The third kappa shape index (κ3) is 3.93. The Hall–Kier alpha value is -4.34. The number of hydrogen-bond acceptors (Lipinski definition) is 9. The van der Waals surface area contributed by atoms with Crippen molar-refractivity contribution in [2.24, 2.45) is 17.6 Å². The van der Waals surface area contributed by atoms with Gasteiger partial charge in [-0.1, -0.05) is 5.92 Å². The molecule has 0 saturated carbocycles. The van der Waals surface area contributed by atoms with Crippen molar-refractivity contribution in [3.63, 3.8) is 0 Å². The summed E-state index contributed by atoms with van der Waals surface area (Å²) >= 11 is 0. The summed E-state index contributed by atoms with van der Waals surface area (Å²) in [4.78, 5) is 52.9. The second-order valence-electron chi connectivity index (χ2n) is 10.1. The van der Waals surface area contributed by atoms with Gasteiger partial charge in [0.15, 0.2) is 11.4 Å². The van der Waals surface area contributed by atoms with Crippen molar-refractivity contribution in [2.75, 3.05) is 26.3 Å². The zero-order chi connectivity index (χ0) is 28.2. The number of nitrogens with two attached hydrogens (primary N) is 1. The van der Waals surface area contributed by atoms with Crippen LogP contribution >= 0.6 is 0 Å². The number of phenolic OH excluding ortho intramolecular Hbond substituents is 1. The van der Waals surface area contributed by atoms with Gasteiger partial charge in [-0.3, -0.25) is 14.4 Å². The summed E-state index contributed by atoms with van der Waals surface area (Å²) in [5.41, 5.74) is 2.14. The number of nitrogens with zero attached hydrogens (tertiary/aromatic N) is 1. The molecular formula is C27H27N3O9. The van der Waals surface area contributed by atoms with Gasteiger partial charge in [-0.05, 0) is 36.0 Å². The Bertz CT molecular complexity index is 1430. The van der Waals surface area contributed by atoms with Crippen molar-refractivity contribution in [3.8, 4) is 18.1 Å². The number of rotatable bonds is 3. The Morgan fingerprint density at radius 2 is 1.90 bits per heavy atom. The number of benzene rings is 1. The van der Waals surface area contributed by atoms with Crippen molar-refractivity contribution in [1.29, 1.82) is 0 Å². The van der Waals surface area contributed by atoms with Crippen LogP contribution in [0.25, 0.3) is 0 Å². The number of allylic oxidation sites excluding steroid dienone is 2. The number of hydrogen-bond donors (Lipinski definition) is 6. The van der Waals surface area contributed by atoms with E-state index < -0.39 is 57.8 Å². The Balaban J connectivity index is 1.56. The first kappa shape index (κ1) is 26.3. The maximum atomic E-state index is 13.8. The number of Topliss-reactive ketones (excluding diaryl/α,β-unsaturated/α-hetero) is 2. The summed E-state index contributed by atoms with van der Waals surface area (Å²) < 4.78 is 5.26.